The maximum Gasteiger partial charge on any atom is 0.185 e. The molecule has 0 atom stereocenters. The third-order valence-corrected chi connectivity index (χ3v) is 3.02. The summed E-state index contributed by atoms with van der Waals surface area (Å²) in [6.07, 6.45) is 4.28. The van der Waals surface area contributed by atoms with Crippen LogP contribution >= 0.6 is 0 Å². The van der Waals surface area contributed by atoms with Crippen molar-refractivity contribution >= 4 is 6.29 Å². The van der Waals surface area contributed by atoms with Gasteiger partial charge in [-0.2, -0.15) is 0 Å². The van der Waals surface area contributed by atoms with Gasteiger partial charge in [-0.25, -0.2) is 4.98 Å². The molecule has 0 spiro atoms. The van der Waals surface area contributed by atoms with Gasteiger partial charge < -0.3 is 4.57 Å². The molecule has 2 rings (SSSR count). The van der Waals surface area contributed by atoms with Crippen LogP contribution in [0.3, 0.4) is 0 Å². The molecule has 2 aromatic rings. The summed E-state index contributed by atoms with van der Waals surface area (Å²) in [5.74, 6) is 0.476. The van der Waals surface area contributed by atoms with Gasteiger partial charge in [0.15, 0.2) is 12.1 Å². The number of imidazole rings is 1. The van der Waals surface area contributed by atoms with Gasteiger partial charge in [-0.1, -0.05) is 17.7 Å². The molecule has 1 heterocycles. The number of aryl methyl sites for hydroxylation is 3. The molecular weight excluding hydrogens is 212 g/mol. The molecule has 0 N–H and O–H groups in total. The lowest BCUT2D eigenvalue weighted by atomic mass is 10.00. The largest absolute Gasteiger partial charge is 0.324 e. The second kappa shape index (κ2) is 4.53. The highest BCUT2D eigenvalue weighted by Gasteiger charge is 2.07. The van der Waals surface area contributed by atoms with Crippen LogP contribution in [0.4, 0.5) is 0 Å². The van der Waals surface area contributed by atoms with Crippen molar-refractivity contribution in [1.82, 2.24) is 9.55 Å². The molecule has 0 aliphatic heterocycles. The van der Waals surface area contributed by atoms with E-state index in [0.717, 1.165) is 6.29 Å². The average Bonchev–Trinajstić information content (AvgIpc) is 2.70. The van der Waals surface area contributed by atoms with Crippen molar-refractivity contribution in [2.75, 3.05) is 0 Å². The molecule has 0 fully saturated rings. The minimum absolute atomic E-state index is 0.476. The van der Waals surface area contributed by atoms with Crippen molar-refractivity contribution in [1.29, 1.82) is 0 Å². The van der Waals surface area contributed by atoms with Crippen LogP contribution in [0.15, 0.2) is 24.5 Å². The Morgan fingerprint density at radius 3 is 2.47 bits per heavy atom. The van der Waals surface area contributed by atoms with E-state index in [-0.39, 0.29) is 0 Å². The van der Waals surface area contributed by atoms with E-state index in [1.807, 2.05) is 10.8 Å². The van der Waals surface area contributed by atoms with Crippen LogP contribution in [0, 0.1) is 20.8 Å². The maximum absolute atomic E-state index is 10.8. The summed E-state index contributed by atoms with van der Waals surface area (Å²) >= 11 is 0. The third-order valence-electron chi connectivity index (χ3n) is 3.02. The third kappa shape index (κ3) is 2.28. The van der Waals surface area contributed by atoms with Crippen molar-refractivity contribution in [3.8, 4) is 0 Å². The second-order valence-corrected chi connectivity index (χ2v) is 4.41. The number of benzene rings is 1. The summed E-state index contributed by atoms with van der Waals surface area (Å²) < 4.78 is 1.87. The highest BCUT2D eigenvalue weighted by molar-refractivity contribution is 5.69. The Hall–Kier alpha value is -1.90. The van der Waals surface area contributed by atoms with Crippen LogP contribution in [-0.4, -0.2) is 15.8 Å². The van der Waals surface area contributed by atoms with Crippen molar-refractivity contribution < 1.29 is 4.79 Å². The Bertz CT molecular complexity index is 532. The molecule has 0 aliphatic rings. The number of carbonyl (C=O) groups is 1. The second-order valence-electron chi connectivity index (χ2n) is 4.41. The van der Waals surface area contributed by atoms with E-state index < -0.39 is 0 Å². The standard InChI is InChI=1S/C14H16N2O/c1-10-6-11(2)13(12(3)7-10)8-16-5-4-15-14(16)9-17/h4-7,9H,8H2,1-3H3. The number of hydrogen-bond acceptors (Lipinski definition) is 2. The minimum Gasteiger partial charge on any atom is -0.324 e. The van der Waals surface area contributed by atoms with E-state index in [0.29, 0.717) is 12.4 Å². The van der Waals surface area contributed by atoms with Crippen LogP contribution in [0.1, 0.15) is 32.9 Å². The van der Waals surface area contributed by atoms with Gasteiger partial charge in [0.2, 0.25) is 0 Å². The molecule has 0 bridgehead atoms. The van der Waals surface area contributed by atoms with Crippen LogP contribution in [0.25, 0.3) is 0 Å². The van der Waals surface area contributed by atoms with Gasteiger partial charge in [-0.3, -0.25) is 4.79 Å². The van der Waals surface area contributed by atoms with Gasteiger partial charge in [0.05, 0.1) is 0 Å². The van der Waals surface area contributed by atoms with E-state index in [9.17, 15) is 4.79 Å². The number of carbonyl (C=O) groups excluding carboxylic acids is 1. The summed E-state index contributed by atoms with van der Waals surface area (Å²) in [5.41, 5.74) is 5.04. The minimum atomic E-state index is 0.476. The molecule has 0 unspecified atom stereocenters. The molecule has 3 nitrogen and oxygen atoms in total. The zero-order chi connectivity index (χ0) is 12.4. The fraction of sp³-hybridized carbons (Fsp3) is 0.286. The quantitative estimate of drug-likeness (QED) is 0.757. The predicted octanol–water partition coefficient (Wildman–Crippen LogP) is 2.67. The van der Waals surface area contributed by atoms with Crippen molar-refractivity contribution in [3.63, 3.8) is 0 Å². The van der Waals surface area contributed by atoms with Crippen LogP contribution in [0.2, 0.25) is 0 Å². The molecule has 0 aliphatic carbocycles. The number of aldehydes is 1. The van der Waals surface area contributed by atoms with E-state index in [1.54, 1.807) is 6.20 Å². The van der Waals surface area contributed by atoms with Crippen LogP contribution in [-0.2, 0) is 6.54 Å². The fourth-order valence-corrected chi connectivity index (χ4v) is 2.20. The first kappa shape index (κ1) is 11.6. The van der Waals surface area contributed by atoms with Gasteiger partial charge in [0, 0.05) is 18.9 Å². The number of nitrogens with zero attached hydrogens (tertiary/aromatic N) is 2. The highest BCUT2D eigenvalue weighted by atomic mass is 16.1. The maximum atomic E-state index is 10.8. The van der Waals surface area contributed by atoms with E-state index in [4.69, 9.17) is 0 Å². The van der Waals surface area contributed by atoms with Crippen LogP contribution in [0.5, 0.6) is 0 Å². The summed E-state index contributed by atoms with van der Waals surface area (Å²) in [6, 6.07) is 4.33. The lowest BCUT2D eigenvalue weighted by molar-refractivity contribution is 0.111. The highest BCUT2D eigenvalue weighted by Crippen LogP contribution is 2.18. The van der Waals surface area contributed by atoms with Crippen LogP contribution < -0.4 is 0 Å². The van der Waals surface area contributed by atoms with Gasteiger partial charge in [-0.05, 0) is 37.5 Å². The molecule has 1 aromatic carbocycles. The first-order valence-corrected chi connectivity index (χ1v) is 5.65. The van der Waals surface area contributed by atoms with Crippen molar-refractivity contribution in [2.45, 2.75) is 27.3 Å². The number of aromatic nitrogens is 2. The first-order valence-electron chi connectivity index (χ1n) is 5.65. The lowest BCUT2D eigenvalue weighted by Crippen LogP contribution is -2.06. The monoisotopic (exact) mass is 228 g/mol. The van der Waals surface area contributed by atoms with Gasteiger partial charge >= 0.3 is 0 Å². The Morgan fingerprint density at radius 2 is 1.88 bits per heavy atom. The summed E-state index contributed by atoms with van der Waals surface area (Å²) in [4.78, 5) is 14.8. The summed E-state index contributed by atoms with van der Waals surface area (Å²) in [7, 11) is 0. The summed E-state index contributed by atoms with van der Waals surface area (Å²) in [6.45, 7) is 7.00. The van der Waals surface area contributed by atoms with Gasteiger partial charge in [0.25, 0.3) is 0 Å². The molecule has 17 heavy (non-hydrogen) atoms. The fourth-order valence-electron chi connectivity index (χ4n) is 2.20. The zero-order valence-corrected chi connectivity index (χ0v) is 10.4. The number of rotatable bonds is 3. The van der Waals surface area contributed by atoms with E-state index in [2.05, 4.69) is 37.9 Å². The Labute approximate surface area is 101 Å². The van der Waals surface area contributed by atoms with E-state index in [1.165, 1.54) is 22.3 Å². The Balaban J connectivity index is 2.40. The molecule has 0 radical (unpaired) electrons. The topological polar surface area (TPSA) is 34.9 Å². The Kier molecular flexibility index (Phi) is 3.09. The smallest absolute Gasteiger partial charge is 0.185 e. The summed E-state index contributed by atoms with van der Waals surface area (Å²) in [5, 5.41) is 0. The molecule has 1 aromatic heterocycles. The van der Waals surface area contributed by atoms with E-state index >= 15 is 0 Å². The first-order chi connectivity index (χ1) is 8.11. The van der Waals surface area contributed by atoms with Crippen molar-refractivity contribution in [2.24, 2.45) is 0 Å². The predicted molar refractivity (Wildman–Crippen MR) is 67.4 cm³/mol. The number of hydrogen-bond donors (Lipinski definition) is 0. The molecule has 0 amide bonds. The van der Waals surface area contributed by atoms with Gasteiger partial charge in [-0.15, -0.1) is 0 Å². The molecule has 88 valence electrons. The van der Waals surface area contributed by atoms with Crippen molar-refractivity contribution in [3.05, 3.63) is 52.6 Å². The SMILES string of the molecule is Cc1cc(C)c(Cn2ccnc2C=O)c(C)c1. The molecule has 0 saturated carbocycles. The molecule has 3 heteroatoms. The zero-order valence-electron chi connectivity index (χ0n) is 10.4. The lowest BCUT2D eigenvalue weighted by Gasteiger charge is -2.12. The average molecular weight is 228 g/mol. The molecular formula is C14H16N2O. The molecule has 0 saturated heterocycles. The Morgan fingerprint density at radius 1 is 1.24 bits per heavy atom. The normalized spacial score (nSPS) is 10.5. The van der Waals surface area contributed by atoms with Gasteiger partial charge in [0.1, 0.15) is 0 Å².